The van der Waals surface area contributed by atoms with Crippen molar-refractivity contribution in [3.63, 3.8) is 0 Å². The van der Waals surface area contributed by atoms with Crippen LogP contribution in [0.3, 0.4) is 0 Å². The first-order valence-corrected chi connectivity index (χ1v) is 6.37. The lowest BCUT2D eigenvalue weighted by Gasteiger charge is -2.19. The molecular formula is C13H17N3O3. The molecule has 1 aromatic heterocycles. The second-order valence-electron chi connectivity index (χ2n) is 4.64. The highest BCUT2D eigenvalue weighted by atomic mass is 16.2. The number of hydrogen-bond acceptors (Lipinski definition) is 4. The second kappa shape index (κ2) is 5.69. The lowest BCUT2D eigenvalue weighted by Crippen LogP contribution is -2.38. The highest BCUT2D eigenvalue weighted by Gasteiger charge is 2.23. The molecule has 0 spiro atoms. The van der Waals surface area contributed by atoms with E-state index < -0.39 is 0 Å². The maximum atomic E-state index is 11.8. The minimum Gasteiger partial charge on any atom is -0.398 e. The van der Waals surface area contributed by atoms with Crippen LogP contribution in [-0.2, 0) is 16.1 Å². The number of nitrogens with two attached hydrogens (primary N) is 1. The fraction of sp³-hybridized carbons (Fsp3) is 0.462. The summed E-state index contributed by atoms with van der Waals surface area (Å²) >= 11 is 0. The van der Waals surface area contributed by atoms with Gasteiger partial charge in [0.25, 0.3) is 5.56 Å². The van der Waals surface area contributed by atoms with Crippen molar-refractivity contribution in [1.82, 2.24) is 9.47 Å². The van der Waals surface area contributed by atoms with E-state index in [1.54, 1.807) is 0 Å². The minimum absolute atomic E-state index is 0.153. The number of nitrogens with zero attached hydrogens (tertiary/aromatic N) is 2. The fourth-order valence-corrected chi connectivity index (χ4v) is 2.14. The minimum atomic E-state index is -0.191. The molecule has 1 aliphatic rings. The lowest BCUT2D eigenvalue weighted by atomic mass is 10.2. The van der Waals surface area contributed by atoms with E-state index >= 15 is 0 Å². The molecule has 0 radical (unpaired) electrons. The van der Waals surface area contributed by atoms with Gasteiger partial charge >= 0.3 is 0 Å². The van der Waals surface area contributed by atoms with Gasteiger partial charge in [-0.15, -0.1) is 0 Å². The topological polar surface area (TPSA) is 85.4 Å². The Hall–Kier alpha value is -2.11. The molecule has 0 unspecified atom stereocenters. The quantitative estimate of drug-likeness (QED) is 0.798. The molecule has 2 rings (SSSR count). The van der Waals surface area contributed by atoms with E-state index in [9.17, 15) is 14.4 Å². The van der Waals surface area contributed by atoms with Crippen LogP contribution in [0.15, 0.2) is 23.1 Å². The number of aromatic nitrogens is 1. The van der Waals surface area contributed by atoms with Crippen LogP contribution >= 0.6 is 0 Å². The highest BCUT2D eigenvalue weighted by Crippen LogP contribution is 2.12. The Kier molecular flexibility index (Phi) is 3.99. The van der Waals surface area contributed by atoms with Gasteiger partial charge in [-0.25, -0.2) is 0 Å². The van der Waals surface area contributed by atoms with Gasteiger partial charge in [-0.1, -0.05) is 0 Å². The van der Waals surface area contributed by atoms with Gasteiger partial charge < -0.3 is 10.3 Å². The Morgan fingerprint density at radius 2 is 1.63 bits per heavy atom. The highest BCUT2D eigenvalue weighted by molar-refractivity contribution is 5.95. The summed E-state index contributed by atoms with van der Waals surface area (Å²) in [6.45, 7) is 0.502. The molecule has 1 saturated heterocycles. The third-order valence-electron chi connectivity index (χ3n) is 3.20. The van der Waals surface area contributed by atoms with E-state index in [1.165, 1.54) is 27.8 Å². The fourth-order valence-electron chi connectivity index (χ4n) is 2.14. The summed E-state index contributed by atoms with van der Waals surface area (Å²) in [7, 11) is 0. The third-order valence-corrected chi connectivity index (χ3v) is 3.20. The second-order valence-corrected chi connectivity index (χ2v) is 4.64. The molecule has 6 heteroatoms. The van der Waals surface area contributed by atoms with Gasteiger partial charge in [-0.3, -0.25) is 19.3 Å². The number of anilines is 1. The van der Waals surface area contributed by atoms with E-state index in [0.717, 1.165) is 12.8 Å². The number of rotatable bonds is 3. The monoisotopic (exact) mass is 263 g/mol. The van der Waals surface area contributed by atoms with Gasteiger partial charge in [0, 0.05) is 43.9 Å². The molecule has 0 saturated carbocycles. The molecule has 2 heterocycles. The molecule has 0 aromatic carbocycles. The Morgan fingerprint density at radius 3 is 2.26 bits per heavy atom. The Balaban J connectivity index is 2.08. The molecule has 2 N–H and O–H groups in total. The number of hydrogen-bond donors (Lipinski definition) is 1. The normalized spacial score (nSPS) is 16.5. The molecule has 6 nitrogen and oxygen atoms in total. The van der Waals surface area contributed by atoms with Gasteiger partial charge in [0.2, 0.25) is 11.8 Å². The predicted molar refractivity (Wildman–Crippen MR) is 70.3 cm³/mol. The predicted octanol–water partition coefficient (Wildman–Crippen LogP) is 0.360. The van der Waals surface area contributed by atoms with E-state index in [-0.39, 0.29) is 30.5 Å². The van der Waals surface area contributed by atoms with E-state index in [4.69, 9.17) is 5.73 Å². The van der Waals surface area contributed by atoms with Crippen molar-refractivity contribution in [3.05, 3.63) is 28.7 Å². The summed E-state index contributed by atoms with van der Waals surface area (Å²) in [5.74, 6) is -0.307. The van der Waals surface area contributed by atoms with E-state index in [2.05, 4.69) is 0 Å². The van der Waals surface area contributed by atoms with Crippen molar-refractivity contribution in [1.29, 1.82) is 0 Å². The van der Waals surface area contributed by atoms with Gasteiger partial charge in [0.15, 0.2) is 0 Å². The number of nitrogen functional groups attached to an aromatic ring is 1. The van der Waals surface area contributed by atoms with E-state index in [1.807, 2.05) is 0 Å². The number of carbonyl (C=O) groups is 2. The van der Waals surface area contributed by atoms with Crippen molar-refractivity contribution in [2.75, 3.05) is 12.3 Å². The standard InChI is InChI=1S/C13H17N3O3/c14-10-5-6-11(17)15(9-10)7-8-16-12(18)3-1-2-4-13(16)19/h5-6,9H,1-4,7-8,14H2. The first-order chi connectivity index (χ1) is 9.08. The van der Waals surface area contributed by atoms with Crippen molar-refractivity contribution in [2.24, 2.45) is 0 Å². The first kappa shape index (κ1) is 13.3. The van der Waals surface area contributed by atoms with Gasteiger partial charge in [0.1, 0.15) is 0 Å². The van der Waals surface area contributed by atoms with Crippen molar-refractivity contribution in [2.45, 2.75) is 32.2 Å². The molecule has 0 atom stereocenters. The molecule has 19 heavy (non-hydrogen) atoms. The number of carbonyl (C=O) groups excluding carboxylic acids is 2. The maximum Gasteiger partial charge on any atom is 0.250 e. The molecule has 1 fully saturated rings. The summed E-state index contributed by atoms with van der Waals surface area (Å²) in [6.07, 6.45) is 3.82. The summed E-state index contributed by atoms with van der Waals surface area (Å²) in [5.41, 5.74) is 5.90. The zero-order chi connectivity index (χ0) is 13.8. The van der Waals surface area contributed by atoms with Gasteiger partial charge in [-0.05, 0) is 18.9 Å². The average molecular weight is 263 g/mol. The molecular weight excluding hydrogens is 246 g/mol. The van der Waals surface area contributed by atoms with Crippen LogP contribution in [0.5, 0.6) is 0 Å². The maximum absolute atomic E-state index is 11.8. The van der Waals surface area contributed by atoms with Crippen LogP contribution in [0, 0.1) is 0 Å². The molecule has 1 aromatic rings. The number of imide groups is 1. The zero-order valence-electron chi connectivity index (χ0n) is 10.7. The van der Waals surface area contributed by atoms with Crippen LogP contribution < -0.4 is 11.3 Å². The van der Waals surface area contributed by atoms with Crippen LogP contribution in [0.25, 0.3) is 0 Å². The van der Waals surface area contributed by atoms with Gasteiger partial charge in [-0.2, -0.15) is 0 Å². The number of amides is 2. The zero-order valence-corrected chi connectivity index (χ0v) is 10.7. The summed E-state index contributed by atoms with van der Waals surface area (Å²) in [5, 5.41) is 0. The van der Waals surface area contributed by atoms with Crippen molar-refractivity contribution < 1.29 is 9.59 Å². The van der Waals surface area contributed by atoms with E-state index in [0.29, 0.717) is 18.5 Å². The SMILES string of the molecule is Nc1ccc(=O)n(CCN2C(=O)CCCCC2=O)c1. The third kappa shape index (κ3) is 3.21. The number of likely N-dealkylation sites (tertiary alicyclic amines) is 1. The Labute approximate surface area is 110 Å². The van der Waals surface area contributed by atoms with Crippen molar-refractivity contribution in [3.8, 4) is 0 Å². The van der Waals surface area contributed by atoms with Crippen LogP contribution in [-0.4, -0.2) is 27.8 Å². The lowest BCUT2D eigenvalue weighted by molar-refractivity contribution is -0.143. The Morgan fingerprint density at radius 1 is 1.00 bits per heavy atom. The summed E-state index contributed by atoms with van der Waals surface area (Å²) in [4.78, 5) is 36.4. The van der Waals surface area contributed by atoms with Gasteiger partial charge in [0.05, 0.1) is 0 Å². The Bertz CT molecular complexity index is 532. The van der Waals surface area contributed by atoms with Crippen LogP contribution in [0.1, 0.15) is 25.7 Å². The van der Waals surface area contributed by atoms with Crippen LogP contribution in [0.4, 0.5) is 5.69 Å². The molecule has 102 valence electrons. The first-order valence-electron chi connectivity index (χ1n) is 6.37. The molecule has 1 aliphatic heterocycles. The summed E-state index contributed by atoms with van der Waals surface area (Å²) in [6, 6.07) is 2.91. The largest absolute Gasteiger partial charge is 0.398 e. The smallest absolute Gasteiger partial charge is 0.250 e. The molecule has 2 amide bonds. The molecule has 0 bridgehead atoms. The number of pyridine rings is 1. The van der Waals surface area contributed by atoms with Crippen molar-refractivity contribution >= 4 is 17.5 Å². The summed E-state index contributed by atoms with van der Waals surface area (Å²) < 4.78 is 1.42. The molecule has 0 aliphatic carbocycles. The van der Waals surface area contributed by atoms with Crippen LogP contribution in [0.2, 0.25) is 0 Å². The average Bonchev–Trinajstić information content (AvgIpc) is 2.53.